The minimum atomic E-state index is -0.0148. The van der Waals surface area contributed by atoms with E-state index in [1.807, 2.05) is 30.4 Å². The zero-order valence-electron chi connectivity index (χ0n) is 11.0. The van der Waals surface area contributed by atoms with Crippen molar-refractivity contribution in [2.24, 2.45) is 0 Å². The van der Waals surface area contributed by atoms with Crippen molar-refractivity contribution in [2.75, 3.05) is 0 Å². The molecule has 0 radical (unpaired) electrons. The minimum Gasteiger partial charge on any atom is -0.508 e. The van der Waals surface area contributed by atoms with E-state index in [1.54, 1.807) is 30.3 Å². The molecule has 3 rings (SSSR count). The van der Waals surface area contributed by atoms with E-state index in [1.165, 1.54) is 0 Å². The van der Waals surface area contributed by atoms with Crippen LogP contribution < -0.4 is 5.43 Å². The number of H-pyrrole nitrogens is 1. The number of hydrogen-bond acceptors (Lipinski definition) is 2. The molecular formula is C17H12BrNO2. The molecule has 3 aromatic rings. The molecule has 0 aliphatic rings. The first-order valence-corrected chi connectivity index (χ1v) is 7.21. The molecule has 0 atom stereocenters. The number of aromatic hydroxyl groups is 1. The van der Waals surface area contributed by atoms with Gasteiger partial charge in [-0.3, -0.25) is 4.79 Å². The van der Waals surface area contributed by atoms with Gasteiger partial charge >= 0.3 is 0 Å². The molecule has 0 aliphatic heterocycles. The molecule has 0 saturated heterocycles. The Hall–Kier alpha value is -2.33. The normalized spacial score (nSPS) is 11.3. The number of halogens is 1. The first-order chi connectivity index (χ1) is 10.1. The zero-order valence-corrected chi connectivity index (χ0v) is 12.6. The summed E-state index contributed by atoms with van der Waals surface area (Å²) in [5, 5.41) is 10.2. The zero-order chi connectivity index (χ0) is 14.8. The lowest BCUT2D eigenvalue weighted by molar-refractivity contribution is 0.475. The SMILES string of the molecule is O=c1cc(/C=C/c2cc(O)ccc2Br)[nH]c2ccccc12. The highest BCUT2D eigenvalue weighted by molar-refractivity contribution is 9.10. The van der Waals surface area contributed by atoms with Crippen molar-refractivity contribution < 1.29 is 5.11 Å². The van der Waals surface area contributed by atoms with Gasteiger partial charge in [-0.25, -0.2) is 0 Å². The Bertz CT molecular complexity index is 897. The van der Waals surface area contributed by atoms with E-state index in [0.29, 0.717) is 11.1 Å². The van der Waals surface area contributed by atoms with Crippen LogP contribution in [0.2, 0.25) is 0 Å². The van der Waals surface area contributed by atoms with Gasteiger partial charge in [-0.05, 0) is 42.0 Å². The van der Waals surface area contributed by atoms with Crippen LogP contribution in [0.4, 0.5) is 0 Å². The van der Waals surface area contributed by atoms with Crippen molar-refractivity contribution in [1.82, 2.24) is 4.98 Å². The van der Waals surface area contributed by atoms with E-state index in [2.05, 4.69) is 20.9 Å². The van der Waals surface area contributed by atoms with Crippen LogP contribution >= 0.6 is 15.9 Å². The summed E-state index contributed by atoms with van der Waals surface area (Å²) in [7, 11) is 0. The quantitative estimate of drug-likeness (QED) is 0.735. The highest BCUT2D eigenvalue weighted by atomic mass is 79.9. The number of benzene rings is 2. The Kier molecular flexibility index (Phi) is 3.62. The van der Waals surface area contributed by atoms with Gasteiger partial charge in [0.15, 0.2) is 5.43 Å². The molecule has 0 unspecified atom stereocenters. The van der Waals surface area contributed by atoms with Gasteiger partial charge in [0.25, 0.3) is 0 Å². The molecule has 0 fully saturated rings. The molecule has 0 spiro atoms. The Morgan fingerprint density at radius 3 is 2.71 bits per heavy atom. The summed E-state index contributed by atoms with van der Waals surface area (Å²) < 4.78 is 0.875. The van der Waals surface area contributed by atoms with Crippen molar-refractivity contribution in [3.63, 3.8) is 0 Å². The summed E-state index contributed by atoms with van der Waals surface area (Å²) in [5.74, 6) is 0.199. The molecule has 1 aromatic heterocycles. The summed E-state index contributed by atoms with van der Waals surface area (Å²) in [5.41, 5.74) is 2.34. The fourth-order valence-corrected chi connectivity index (χ4v) is 2.52. The van der Waals surface area contributed by atoms with Gasteiger partial charge in [-0.1, -0.05) is 34.1 Å². The summed E-state index contributed by atoms with van der Waals surface area (Å²) >= 11 is 3.42. The third-order valence-electron chi connectivity index (χ3n) is 3.18. The molecule has 2 N–H and O–H groups in total. The van der Waals surface area contributed by atoms with E-state index < -0.39 is 0 Å². The predicted octanol–water partition coefficient (Wildman–Crippen LogP) is 4.17. The van der Waals surface area contributed by atoms with E-state index in [-0.39, 0.29) is 11.2 Å². The van der Waals surface area contributed by atoms with Crippen LogP contribution in [0.3, 0.4) is 0 Å². The maximum Gasteiger partial charge on any atom is 0.189 e. The second-order valence-corrected chi connectivity index (χ2v) is 5.53. The lowest BCUT2D eigenvalue weighted by Crippen LogP contribution is -2.02. The lowest BCUT2D eigenvalue weighted by Gasteiger charge is -2.01. The molecule has 0 amide bonds. The molecular weight excluding hydrogens is 330 g/mol. The van der Waals surface area contributed by atoms with E-state index in [4.69, 9.17) is 0 Å². The fraction of sp³-hybridized carbons (Fsp3) is 0. The summed E-state index contributed by atoms with van der Waals surface area (Å²) in [6.45, 7) is 0. The number of pyridine rings is 1. The number of phenolic OH excluding ortho intramolecular Hbond substituents is 1. The van der Waals surface area contributed by atoms with Gasteiger partial charge in [0, 0.05) is 27.1 Å². The van der Waals surface area contributed by atoms with Gasteiger partial charge in [-0.2, -0.15) is 0 Å². The van der Waals surface area contributed by atoms with E-state index in [9.17, 15) is 9.90 Å². The molecule has 0 aliphatic carbocycles. The fourth-order valence-electron chi connectivity index (χ4n) is 2.15. The third kappa shape index (κ3) is 2.90. The molecule has 4 heteroatoms. The van der Waals surface area contributed by atoms with Crippen LogP contribution in [0.1, 0.15) is 11.3 Å². The van der Waals surface area contributed by atoms with Gasteiger partial charge in [-0.15, -0.1) is 0 Å². The Labute approximate surface area is 129 Å². The number of rotatable bonds is 2. The van der Waals surface area contributed by atoms with Crippen molar-refractivity contribution in [1.29, 1.82) is 0 Å². The number of phenols is 1. The summed E-state index contributed by atoms with van der Waals surface area (Å²) in [6.07, 6.45) is 3.65. The van der Waals surface area contributed by atoms with Crippen LogP contribution in [-0.2, 0) is 0 Å². The molecule has 0 saturated carbocycles. The van der Waals surface area contributed by atoms with Gasteiger partial charge in [0.05, 0.1) is 0 Å². The van der Waals surface area contributed by atoms with Gasteiger partial charge < -0.3 is 10.1 Å². The first kappa shape index (κ1) is 13.6. The smallest absolute Gasteiger partial charge is 0.189 e. The van der Waals surface area contributed by atoms with E-state index in [0.717, 1.165) is 15.6 Å². The topological polar surface area (TPSA) is 53.1 Å². The van der Waals surface area contributed by atoms with Crippen molar-refractivity contribution in [3.8, 4) is 5.75 Å². The third-order valence-corrected chi connectivity index (χ3v) is 3.90. The molecule has 1 heterocycles. The van der Waals surface area contributed by atoms with Crippen LogP contribution in [0, 0.1) is 0 Å². The van der Waals surface area contributed by atoms with Crippen molar-refractivity contribution >= 4 is 39.0 Å². The molecule has 2 aromatic carbocycles. The van der Waals surface area contributed by atoms with Crippen LogP contribution in [0.25, 0.3) is 23.1 Å². The maximum absolute atomic E-state index is 12.0. The second kappa shape index (κ2) is 5.58. The van der Waals surface area contributed by atoms with Crippen molar-refractivity contribution in [2.45, 2.75) is 0 Å². The Morgan fingerprint density at radius 1 is 1.05 bits per heavy atom. The van der Waals surface area contributed by atoms with Crippen LogP contribution in [0.15, 0.2) is 57.8 Å². The standard InChI is InChI=1S/C17H12BrNO2/c18-15-8-7-13(20)9-11(15)5-6-12-10-17(21)14-3-1-2-4-16(14)19-12/h1-10,20H,(H,19,21)/b6-5+. The highest BCUT2D eigenvalue weighted by Crippen LogP contribution is 2.23. The number of hydrogen-bond donors (Lipinski definition) is 2. The number of fused-ring (bicyclic) bond motifs is 1. The first-order valence-electron chi connectivity index (χ1n) is 6.42. The van der Waals surface area contributed by atoms with Crippen molar-refractivity contribution in [3.05, 3.63) is 74.5 Å². The minimum absolute atomic E-state index is 0.0148. The molecule has 104 valence electrons. The van der Waals surface area contributed by atoms with Crippen LogP contribution in [-0.4, -0.2) is 10.1 Å². The molecule has 0 bridgehead atoms. The summed E-state index contributed by atoms with van der Waals surface area (Å²) in [6, 6.07) is 14.0. The molecule has 21 heavy (non-hydrogen) atoms. The Morgan fingerprint density at radius 2 is 1.86 bits per heavy atom. The number of nitrogens with one attached hydrogen (secondary N) is 1. The second-order valence-electron chi connectivity index (χ2n) is 4.67. The number of para-hydroxylation sites is 1. The van der Waals surface area contributed by atoms with Gasteiger partial charge in [0.2, 0.25) is 0 Å². The lowest BCUT2D eigenvalue weighted by atomic mass is 10.1. The molecule has 3 nitrogen and oxygen atoms in total. The van der Waals surface area contributed by atoms with Crippen LogP contribution in [0.5, 0.6) is 5.75 Å². The largest absolute Gasteiger partial charge is 0.508 e. The maximum atomic E-state index is 12.0. The highest BCUT2D eigenvalue weighted by Gasteiger charge is 2.00. The monoisotopic (exact) mass is 341 g/mol. The average Bonchev–Trinajstić information content (AvgIpc) is 2.48. The van der Waals surface area contributed by atoms with E-state index >= 15 is 0 Å². The van der Waals surface area contributed by atoms with Gasteiger partial charge in [0.1, 0.15) is 5.75 Å². The summed E-state index contributed by atoms with van der Waals surface area (Å²) in [4.78, 5) is 15.2. The number of aromatic nitrogens is 1. The Balaban J connectivity index is 2.03. The number of aromatic amines is 1. The average molecular weight is 342 g/mol. The predicted molar refractivity (Wildman–Crippen MR) is 89.3 cm³/mol.